The second kappa shape index (κ2) is 7.86. The summed E-state index contributed by atoms with van der Waals surface area (Å²) in [6.07, 6.45) is 0. The zero-order valence-electron chi connectivity index (χ0n) is 15.8. The molecule has 0 atom stereocenters. The van der Waals surface area contributed by atoms with Crippen LogP contribution in [0.25, 0.3) is 11.0 Å². The lowest BCUT2D eigenvalue weighted by Crippen LogP contribution is -2.48. The number of benzene rings is 2. The summed E-state index contributed by atoms with van der Waals surface area (Å²) < 4.78 is 10.9. The first-order valence-corrected chi connectivity index (χ1v) is 9.31. The number of nitrogens with zero attached hydrogens (tertiary/aromatic N) is 2. The predicted molar refractivity (Wildman–Crippen MR) is 107 cm³/mol. The molecule has 28 heavy (non-hydrogen) atoms. The lowest BCUT2D eigenvalue weighted by molar-refractivity contribution is 0.0598. The molecule has 6 heteroatoms. The van der Waals surface area contributed by atoms with Gasteiger partial charge in [-0.3, -0.25) is 14.5 Å². The maximum atomic E-state index is 12.8. The number of hydrogen-bond donors (Lipinski definition) is 0. The summed E-state index contributed by atoms with van der Waals surface area (Å²) in [6, 6.07) is 16.3. The largest absolute Gasteiger partial charge is 0.497 e. The Morgan fingerprint density at radius 3 is 2.46 bits per heavy atom. The van der Waals surface area contributed by atoms with Gasteiger partial charge in [-0.1, -0.05) is 24.3 Å². The summed E-state index contributed by atoms with van der Waals surface area (Å²) in [4.78, 5) is 29.1. The van der Waals surface area contributed by atoms with Gasteiger partial charge in [0.1, 0.15) is 11.3 Å². The highest BCUT2D eigenvalue weighted by Gasteiger charge is 2.24. The summed E-state index contributed by atoms with van der Waals surface area (Å²) in [5.41, 5.74) is 1.46. The minimum absolute atomic E-state index is 0.104. The Morgan fingerprint density at radius 1 is 1.04 bits per heavy atom. The first-order valence-electron chi connectivity index (χ1n) is 9.31. The predicted octanol–water partition coefficient (Wildman–Crippen LogP) is 2.76. The van der Waals surface area contributed by atoms with Crippen molar-refractivity contribution in [1.29, 1.82) is 0 Å². The molecule has 1 aromatic heterocycles. The molecule has 0 bridgehead atoms. The van der Waals surface area contributed by atoms with Crippen LogP contribution in [0.3, 0.4) is 0 Å². The van der Waals surface area contributed by atoms with Gasteiger partial charge in [0, 0.05) is 38.8 Å². The van der Waals surface area contributed by atoms with Crippen LogP contribution in [-0.2, 0) is 6.54 Å². The Kier molecular flexibility index (Phi) is 5.12. The SMILES string of the molecule is COc1ccc(CN2CCN(C(=O)c3cc(=O)c4ccccc4o3)CC2)cc1. The zero-order chi connectivity index (χ0) is 19.5. The number of methoxy groups -OCH3 is 1. The summed E-state index contributed by atoms with van der Waals surface area (Å²) in [6.45, 7) is 3.58. The van der Waals surface area contributed by atoms with Crippen molar-refractivity contribution in [3.63, 3.8) is 0 Å². The van der Waals surface area contributed by atoms with Crippen LogP contribution in [0.2, 0.25) is 0 Å². The van der Waals surface area contributed by atoms with Crippen molar-refractivity contribution in [2.24, 2.45) is 0 Å². The molecule has 4 rings (SSSR count). The number of para-hydroxylation sites is 1. The van der Waals surface area contributed by atoms with Crippen LogP contribution in [0.1, 0.15) is 16.1 Å². The highest BCUT2D eigenvalue weighted by Crippen LogP contribution is 2.16. The third kappa shape index (κ3) is 3.77. The van der Waals surface area contributed by atoms with E-state index in [-0.39, 0.29) is 17.1 Å². The molecule has 0 radical (unpaired) electrons. The summed E-state index contributed by atoms with van der Waals surface area (Å²) in [5.74, 6) is 0.718. The fourth-order valence-electron chi connectivity index (χ4n) is 3.46. The van der Waals surface area contributed by atoms with Crippen molar-refractivity contribution in [3.05, 3.63) is 76.1 Å². The van der Waals surface area contributed by atoms with Gasteiger partial charge in [0.05, 0.1) is 12.5 Å². The second-order valence-corrected chi connectivity index (χ2v) is 6.89. The van der Waals surface area contributed by atoms with Crippen LogP contribution < -0.4 is 10.2 Å². The maximum absolute atomic E-state index is 12.8. The molecule has 0 saturated carbocycles. The molecule has 1 fully saturated rings. The Labute approximate surface area is 162 Å². The number of hydrogen-bond acceptors (Lipinski definition) is 5. The van der Waals surface area contributed by atoms with Crippen molar-refractivity contribution >= 4 is 16.9 Å². The topological polar surface area (TPSA) is 63.0 Å². The molecule has 2 heterocycles. The second-order valence-electron chi connectivity index (χ2n) is 6.89. The van der Waals surface area contributed by atoms with Gasteiger partial charge in [-0.2, -0.15) is 0 Å². The molecule has 144 valence electrons. The molecule has 1 saturated heterocycles. The molecule has 0 aliphatic carbocycles. The van der Waals surface area contributed by atoms with E-state index >= 15 is 0 Å². The van der Waals surface area contributed by atoms with Gasteiger partial charge in [0.25, 0.3) is 5.91 Å². The van der Waals surface area contributed by atoms with Crippen molar-refractivity contribution in [2.75, 3.05) is 33.3 Å². The highest BCUT2D eigenvalue weighted by atomic mass is 16.5. The number of amides is 1. The van der Waals surface area contributed by atoms with E-state index in [1.165, 1.54) is 11.6 Å². The van der Waals surface area contributed by atoms with Gasteiger partial charge in [-0.05, 0) is 29.8 Å². The van der Waals surface area contributed by atoms with Crippen LogP contribution in [0.15, 0.2) is 63.8 Å². The highest BCUT2D eigenvalue weighted by molar-refractivity contribution is 5.93. The van der Waals surface area contributed by atoms with E-state index in [4.69, 9.17) is 9.15 Å². The molecule has 0 unspecified atom stereocenters. The zero-order valence-corrected chi connectivity index (χ0v) is 15.8. The fraction of sp³-hybridized carbons (Fsp3) is 0.273. The van der Waals surface area contributed by atoms with Crippen LogP contribution in [0.5, 0.6) is 5.75 Å². The van der Waals surface area contributed by atoms with Gasteiger partial charge in [-0.15, -0.1) is 0 Å². The Morgan fingerprint density at radius 2 is 1.75 bits per heavy atom. The Hall–Kier alpha value is -3.12. The number of rotatable bonds is 4. The van der Waals surface area contributed by atoms with Gasteiger partial charge < -0.3 is 14.1 Å². The molecule has 6 nitrogen and oxygen atoms in total. The van der Waals surface area contributed by atoms with Crippen LogP contribution in [0.4, 0.5) is 0 Å². The van der Waals surface area contributed by atoms with E-state index in [1.54, 1.807) is 36.3 Å². The molecule has 1 aliphatic rings. The minimum atomic E-state index is -0.230. The van der Waals surface area contributed by atoms with E-state index in [1.807, 2.05) is 12.1 Å². The summed E-state index contributed by atoms with van der Waals surface area (Å²) in [7, 11) is 1.66. The minimum Gasteiger partial charge on any atom is -0.497 e. The average Bonchev–Trinajstić information content (AvgIpc) is 2.74. The first kappa shape index (κ1) is 18.3. The van der Waals surface area contributed by atoms with Crippen molar-refractivity contribution < 1.29 is 13.9 Å². The summed E-state index contributed by atoms with van der Waals surface area (Å²) in [5, 5.41) is 0.489. The Balaban J connectivity index is 1.40. The van der Waals surface area contributed by atoms with Crippen LogP contribution in [0, 0.1) is 0 Å². The molecule has 0 spiro atoms. The van der Waals surface area contributed by atoms with Crippen LogP contribution >= 0.6 is 0 Å². The van der Waals surface area contributed by atoms with Gasteiger partial charge >= 0.3 is 0 Å². The third-order valence-corrected chi connectivity index (χ3v) is 5.07. The standard InChI is InChI=1S/C22H22N2O4/c1-27-17-8-6-16(7-9-17)15-23-10-12-24(13-11-23)22(26)21-14-19(25)18-4-2-3-5-20(18)28-21/h2-9,14H,10-13,15H2,1H3. The summed E-state index contributed by atoms with van der Waals surface area (Å²) >= 11 is 0. The van der Waals surface area contributed by atoms with E-state index in [0.717, 1.165) is 25.4 Å². The fourth-order valence-corrected chi connectivity index (χ4v) is 3.46. The van der Waals surface area contributed by atoms with E-state index in [9.17, 15) is 9.59 Å². The molecule has 3 aromatic rings. The average molecular weight is 378 g/mol. The Bertz CT molecular complexity index is 1030. The molecular formula is C22H22N2O4. The van der Waals surface area contributed by atoms with Gasteiger partial charge in [0.2, 0.25) is 0 Å². The number of fused-ring (bicyclic) bond motifs is 1. The van der Waals surface area contributed by atoms with Crippen molar-refractivity contribution in [3.8, 4) is 5.75 Å². The number of carbonyl (C=O) groups is 1. The molecule has 2 aromatic carbocycles. The first-order chi connectivity index (χ1) is 13.6. The molecular weight excluding hydrogens is 356 g/mol. The van der Waals surface area contributed by atoms with E-state index < -0.39 is 0 Å². The number of ether oxygens (including phenoxy) is 1. The number of piperazine rings is 1. The van der Waals surface area contributed by atoms with Crippen molar-refractivity contribution in [2.45, 2.75) is 6.54 Å². The monoisotopic (exact) mass is 378 g/mol. The van der Waals surface area contributed by atoms with Gasteiger partial charge in [-0.25, -0.2) is 0 Å². The van der Waals surface area contributed by atoms with E-state index in [0.29, 0.717) is 24.1 Å². The third-order valence-electron chi connectivity index (χ3n) is 5.07. The lowest BCUT2D eigenvalue weighted by Gasteiger charge is -2.34. The van der Waals surface area contributed by atoms with Gasteiger partial charge in [0.15, 0.2) is 11.2 Å². The van der Waals surface area contributed by atoms with Crippen molar-refractivity contribution in [1.82, 2.24) is 9.80 Å². The molecule has 1 aliphatic heterocycles. The van der Waals surface area contributed by atoms with E-state index in [2.05, 4.69) is 17.0 Å². The smallest absolute Gasteiger partial charge is 0.289 e. The normalized spacial score (nSPS) is 15.0. The molecule has 1 amide bonds. The van der Waals surface area contributed by atoms with Crippen LogP contribution in [-0.4, -0.2) is 49.0 Å². The quantitative estimate of drug-likeness (QED) is 0.699. The molecule has 0 N–H and O–H groups in total. The number of carbonyl (C=O) groups excluding carboxylic acids is 1. The lowest BCUT2D eigenvalue weighted by atomic mass is 10.2. The maximum Gasteiger partial charge on any atom is 0.289 e.